The molecule has 0 spiro atoms. The monoisotopic (exact) mass is 315 g/mol. The van der Waals surface area contributed by atoms with Crippen molar-refractivity contribution in [1.29, 1.82) is 0 Å². The number of amides is 4. The zero-order valence-corrected chi connectivity index (χ0v) is 13.4. The number of nitrogens with one attached hydrogen (secondary N) is 1. The number of barbiturate groups is 1. The second kappa shape index (κ2) is 7.67. The molecule has 1 N–H and O–H groups in total. The smallest absolute Gasteiger partial charge is 0.296 e. The molecule has 0 aromatic heterocycles. The number of carbonyl (C=O) groups is 3. The lowest BCUT2D eigenvalue weighted by Gasteiger charge is -2.28. The molecular weight excluding hydrogens is 294 g/mol. The minimum absolute atomic E-state index is 0.431. The Morgan fingerprint density at radius 1 is 1.22 bits per heavy atom. The first-order valence-corrected chi connectivity index (χ1v) is 7.74. The quantitative estimate of drug-likeness (QED) is 0.497. The molecule has 4 amide bonds. The molecule has 0 bridgehead atoms. The number of nitrogens with zero attached hydrogens (tertiary/aromatic N) is 2. The van der Waals surface area contributed by atoms with E-state index in [0.29, 0.717) is 18.2 Å². The summed E-state index contributed by atoms with van der Waals surface area (Å²) in [5.41, 5.74) is 0.431. The molecule has 1 fully saturated rings. The number of hydrogen-bond donors (Lipinski definition) is 1. The molecule has 1 atom stereocenters. The fourth-order valence-electron chi connectivity index (χ4n) is 2.31. The minimum Gasteiger partial charge on any atom is -0.296 e. The van der Waals surface area contributed by atoms with Crippen LogP contribution < -0.4 is 10.2 Å². The molecule has 1 heterocycles. The number of imide groups is 2. The van der Waals surface area contributed by atoms with Crippen LogP contribution in [0.25, 0.3) is 0 Å². The molecule has 2 rings (SSSR count). The van der Waals surface area contributed by atoms with Crippen LogP contribution in [0.15, 0.2) is 35.3 Å². The van der Waals surface area contributed by atoms with Crippen molar-refractivity contribution >= 4 is 29.7 Å². The lowest BCUT2D eigenvalue weighted by atomic mass is 10.1. The fourth-order valence-corrected chi connectivity index (χ4v) is 2.31. The van der Waals surface area contributed by atoms with Crippen LogP contribution >= 0.6 is 0 Å². The van der Waals surface area contributed by atoms with Gasteiger partial charge in [-0.25, -0.2) is 9.69 Å². The van der Waals surface area contributed by atoms with Crippen LogP contribution in [-0.4, -0.2) is 30.6 Å². The number of hydrogen-bond acceptors (Lipinski definition) is 4. The average molecular weight is 315 g/mol. The van der Waals surface area contributed by atoms with Crippen molar-refractivity contribution in [1.82, 2.24) is 5.32 Å². The summed E-state index contributed by atoms with van der Waals surface area (Å²) in [4.78, 5) is 41.5. The Morgan fingerprint density at radius 3 is 2.57 bits per heavy atom. The number of urea groups is 1. The van der Waals surface area contributed by atoms with Crippen molar-refractivity contribution in [2.45, 2.75) is 26.7 Å². The Labute approximate surface area is 135 Å². The van der Waals surface area contributed by atoms with E-state index in [1.165, 1.54) is 6.21 Å². The van der Waals surface area contributed by atoms with Crippen molar-refractivity contribution in [3.8, 4) is 0 Å². The number of para-hydroxylation sites is 1. The van der Waals surface area contributed by atoms with Crippen molar-refractivity contribution in [3.63, 3.8) is 0 Å². The highest BCUT2D eigenvalue weighted by Gasteiger charge is 2.40. The van der Waals surface area contributed by atoms with Crippen molar-refractivity contribution in [3.05, 3.63) is 30.3 Å². The third-order valence-electron chi connectivity index (χ3n) is 3.54. The van der Waals surface area contributed by atoms with Crippen LogP contribution in [0.4, 0.5) is 10.5 Å². The first-order chi connectivity index (χ1) is 11.0. The van der Waals surface area contributed by atoms with Crippen LogP contribution in [0.2, 0.25) is 0 Å². The van der Waals surface area contributed by atoms with Gasteiger partial charge >= 0.3 is 6.03 Å². The number of carbonyl (C=O) groups excluding carboxylic acids is 3. The Bertz CT molecular complexity index is 611. The van der Waals surface area contributed by atoms with Crippen LogP contribution in [0.5, 0.6) is 0 Å². The molecule has 1 saturated heterocycles. The predicted molar refractivity (Wildman–Crippen MR) is 88.4 cm³/mol. The number of rotatable bonds is 6. The minimum atomic E-state index is -1.06. The predicted octanol–water partition coefficient (Wildman–Crippen LogP) is 2.39. The summed E-state index contributed by atoms with van der Waals surface area (Å²) < 4.78 is 0. The molecule has 1 aliphatic heterocycles. The fraction of sp³-hybridized carbons (Fsp3) is 0.412. The zero-order chi connectivity index (χ0) is 16.8. The molecule has 1 aromatic rings. The molecule has 0 radical (unpaired) electrons. The lowest BCUT2D eigenvalue weighted by Crippen LogP contribution is -2.58. The van der Waals surface area contributed by atoms with Gasteiger partial charge in [0.25, 0.3) is 5.91 Å². The number of anilines is 1. The van der Waals surface area contributed by atoms with Gasteiger partial charge in [-0.2, -0.15) is 0 Å². The second-order valence-electron chi connectivity index (χ2n) is 5.87. The average Bonchev–Trinajstić information content (AvgIpc) is 2.50. The third-order valence-corrected chi connectivity index (χ3v) is 3.54. The van der Waals surface area contributed by atoms with E-state index in [2.05, 4.69) is 24.2 Å². The lowest BCUT2D eigenvalue weighted by molar-refractivity contribution is -0.131. The molecule has 1 aromatic carbocycles. The first-order valence-electron chi connectivity index (χ1n) is 7.74. The van der Waals surface area contributed by atoms with Crippen LogP contribution in [0, 0.1) is 11.8 Å². The van der Waals surface area contributed by atoms with Crippen molar-refractivity contribution in [2.75, 3.05) is 11.4 Å². The molecule has 1 unspecified atom stereocenters. The van der Waals surface area contributed by atoms with Gasteiger partial charge in [-0.1, -0.05) is 32.0 Å². The van der Waals surface area contributed by atoms with E-state index in [1.807, 2.05) is 0 Å². The summed E-state index contributed by atoms with van der Waals surface area (Å²) in [5, 5.41) is 2.20. The molecule has 6 heteroatoms. The summed E-state index contributed by atoms with van der Waals surface area (Å²) in [6.45, 7) is 4.82. The Balaban J connectivity index is 2.08. The van der Waals surface area contributed by atoms with Gasteiger partial charge in [-0.05, 0) is 30.9 Å². The van der Waals surface area contributed by atoms with Crippen LogP contribution in [0.3, 0.4) is 0 Å². The molecular formula is C17H21N3O3. The first kappa shape index (κ1) is 16.9. The van der Waals surface area contributed by atoms with Gasteiger partial charge in [0.2, 0.25) is 5.91 Å². The molecule has 122 valence electrons. The highest BCUT2D eigenvalue weighted by molar-refractivity contribution is 6.32. The van der Waals surface area contributed by atoms with E-state index >= 15 is 0 Å². The Morgan fingerprint density at radius 2 is 1.91 bits per heavy atom. The van der Waals surface area contributed by atoms with Gasteiger partial charge in [0.05, 0.1) is 5.69 Å². The number of benzene rings is 1. The molecule has 0 aliphatic carbocycles. The largest absolute Gasteiger partial charge is 0.335 e. The van der Waals surface area contributed by atoms with Crippen LogP contribution in [-0.2, 0) is 9.59 Å². The van der Waals surface area contributed by atoms with E-state index in [9.17, 15) is 14.4 Å². The Kier molecular flexibility index (Phi) is 5.62. The molecule has 23 heavy (non-hydrogen) atoms. The van der Waals surface area contributed by atoms with Gasteiger partial charge in [0.1, 0.15) is 0 Å². The van der Waals surface area contributed by atoms with E-state index in [4.69, 9.17) is 0 Å². The highest BCUT2D eigenvalue weighted by atomic mass is 16.2. The standard InChI is InChI=1S/C17H21N3O3/c1-12(2)7-6-10-18-11-14-15(21)19-17(23)20(16(14)22)13-8-4-3-5-9-13/h3-5,8-9,11-12,14H,6-7,10H2,1-2H3,(H,19,21,23). The Hall–Kier alpha value is -2.50. The van der Waals surface area contributed by atoms with E-state index in [-0.39, 0.29) is 0 Å². The number of aliphatic imine (C=N–C) groups is 1. The summed E-state index contributed by atoms with van der Waals surface area (Å²) in [7, 11) is 0. The summed E-state index contributed by atoms with van der Waals surface area (Å²) in [5.74, 6) is -1.67. The van der Waals surface area contributed by atoms with E-state index in [0.717, 1.165) is 17.7 Å². The van der Waals surface area contributed by atoms with E-state index < -0.39 is 23.8 Å². The molecule has 0 saturated carbocycles. The van der Waals surface area contributed by atoms with Gasteiger partial charge in [-0.3, -0.25) is 19.9 Å². The summed E-state index contributed by atoms with van der Waals surface area (Å²) in [6, 6.07) is 7.79. The molecule has 6 nitrogen and oxygen atoms in total. The van der Waals surface area contributed by atoms with Crippen molar-refractivity contribution in [2.24, 2.45) is 16.8 Å². The SMILES string of the molecule is CC(C)CCCN=CC1C(=O)NC(=O)N(c2ccccc2)C1=O. The van der Waals surface area contributed by atoms with E-state index in [1.54, 1.807) is 30.3 Å². The van der Waals surface area contributed by atoms with Crippen molar-refractivity contribution < 1.29 is 14.4 Å². The van der Waals surface area contributed by atoms with Gasteiger partial charge in [-0.15, -0.1) is 0 Å². The second-order valence-corrected chi connectivity index (χ2v) is 5.87. The topological polar surface area (TPSA) is 78.8 Å². The zero-order valence-electron chi connectivity index (χ0n) is 13.4. The molecule has 1 aliphatic rings. The summed E-state index contributed by atoms with van der Waals surface area (Å²) >= 11 is 0. The van der Waals surface area contributed by atoms with Gasteiger partial charge in [0, 0.05) is 12.8 Å². The maximum Gasteiger partial charge on any atom is 0.335 e. The van der Waals surface area contributed by atoms with Crippen LogP contribution in [0.1, 0.15) is 26.7 Å². The highest BCUT2D eigenvalue weighted by Crippen LogP contribution is 2.19. The third kappa shape index (κ3) is 4.25. The maximum atomic E-state index is 12.5. The summed E-state index contributed by atoms with van der Waals surface area (Å²) in [6.07, 6.45) is 3.29. The normalized spacial score (nSPS) is 18.8. The van der Waals surface area contributed by atoms with Gasteiger partial charge in [0.15, 0.2) is 5.92 Å². The van der Waals surface area contributed by atoms with Gasteiger partial charge < -0.3 is 0 Å². The maximum absolute atomic E-state index is 12.5.